The molecule has 0 aromatic carbocycles. The predicted molar refractivity (Wildman–Crippen MR) is 220 cm³/mol. The quantitative estimate of drug-likeness (QED) is 0.0351. The van der Waals surface area contributed by atoms with Crippen LogP contribution < -0.4 is 0 Å². The number of hydrogen-bond acceptors (Lipinski definition) is 7. The molecule has 0 aliphatic rings. The van der Waals surface area contributed by atoms with Crippen molar-refractivity contribution in [1.29, 1.82) is 0 Å². The molecule has 306 valence electrons. The van der Waals surface area contributed by atoms with Crippen LogP contribution in [0.1, 0.15) is 194 Å². The molecule has 0 bridgehead atoms. The maximum Gasteiger partial charge on any atom is 0.306 e. The topological polar surface area (TPSA) is 74.3 Å². The lowest BCUT2D eigenvalue weighted by Gasteiger charge is -2.27. The first kappa shape index (κ1) is 50.3. The monoisotopic (exact) mass is 736 g/mol. The molecule has 1 unspecified atom stereocenters. The van der Waals surface area contributed by atoms with Crippen molar-refractivity contribution >= 4 is 11.9 Å². The van der Waals surface area contributed by atoms with Gasteiger partial charge in [-0.2, -0.15) is 0 Å². The fourth-order valence-corrected chi connectivity index (χ4v) is 6.33. The van der Waals surface area contributed by atoms with Crippen molar-refractivity contribution in [2.75, 3.05) is 53.7 Å². The lowest BCUT2D eigenvalue weighted by Crippen LogP contribution is -2.41. The summed E-state index contributed by atoms with van der Waals surface area (Å²) in [5.74, 6) is -0.425. The normalized spacial score (nSPS) is 12.4. The third kappa shape index (κ3) is 38.0. The molecule has 0 aliphatic carbocycles. The molecular weight excluding hydrogens is 650 g/mol. The van der Waals surface area contributed by atoms with Gasteiger partial charge in [-0.05, 0) is 64.2 Å². The second-order valence-electron chi connectivity index (χ2n) is 14.7. The fraction of sp³-hybridized carbons (Fsp3) is 0.867. The van der Waals surface area contributed by atoms with Gasteiger partial charge in [-0.3, -0.25) is 14.5 Å². The molecule has 0 saturated carbocycles. The first-order valence-corrected chi connectivity index (χ1v) is 21.9. The minimum absolute atomic E-state index is 0.0818. The zero-order valence-corrected chi connectivity index (χ0v) is 34.8. The van der Waals surface area contributed by atoms with E-state index in [4.69, 9.17) is 18.9 Å². The van der Waals surface area contributed by atoms with Crippen molar-refractivity contribution in [2.24, 2.45) is 0 Å². The summed E-state index contributed by atoms with van der Waals surface area (Å²) in [6.45, 7) is 7.59. The van der Waals surface area contributed by atoms with Gasteiger partial charge in [0.05, 0.1) is 13.2 Å². The van der Waals surface area contributed by atoms with Crippen LogP contribution in [-0.4, -0.2) is 76.6 Å². The smallest absolute Gasteiger partial charge is 0.306 e. The zero-order chi connectivity index (χ0) is 38.0. The van der Waals surface area contributed by atoms with Crippen molar-refractivity contribution < 1.29 is 28.5 Å². The maximum atomic E-state index is 12.8. The molecule has 52 heavy (non-hydrogen) atoms. The number of methoxy groups -OCH3 is 2. The highest BCUT2D eigenvalue weighted by Gasteiger charge is 2.20. The van der Waals surface area contributed by atoms with E-state index in [0.717, 1.165) is 51.4 Å². The Morgan fingerprint density at radius 3 is 1.27 bits per heavy atom. The van der Waals surface area contributed by atoms with Crippen molar-refractivity contribution in [3.05, 3.63) is 24.3 Å². The second-order valence-corrected chi connectivity index (χ2v) is 14.7. The van der Waals surface area contributed by atoms with Crippen LogP contribution in [0.2, 0.25) is 0 Å². The third-order valence-corrected chi connectivity index (χ3v) is 9.70. The zero-order valence-electron chi connectivity index (χ0n) is 34.8. The molecule has 0 aromatic rings. The van der Waals surface area contributed by atoms with E-state index in [-0.39, 0.29) is 18.5 Å². The SMILES string of the molecule is CCCCCCCC/C=C\CCCCCCCC(=O)OCC(CN(CCOC)CCOC)OC(=O)CCCCCCC/C=C\CCCCCCCC. The van der Waals surface area contributed by atoms with Crippen LogP contribution in [0.5, 0.6) is 0 Å². The number of allylic oxidation sites excluding steroid dienone is 4. The number of carbonyl (C=O) groups excluding carboxylic acids is 2. The molecule has 0 aromatic heterocycles. The largest absolute Gasteiger partial charge is 0.462 e. The molecular formula is C45H85NO6. The van der Waals surface area contributed by atoms with Gasteiger partial charge in [0.25, 0.3) is 0 Å². The van der Waals surface area contributed by atoms with Gasteiger partial charge in [0.15, 0.2) is 0 Å². The average molecular weight is 736 g/mol. The van der Waals surface area contributed by atoms with Gasteiger partial charge in [0.2, 0.25) is 0 Å². The molecule has 0 radical (unpaired) electrons. The van der Waals surface area contributed by atoms with Gasteiger partial charge in [-0.15, -0.1) is 0 Å². The van der Waals surface area contributed by atoms with E-state index in [1.807, 2.05) is 0 Å². The Balaban J connectivity index is 4.30. The van der Waals surface area contributed by atoms with Gasteiger partial charge in [0.1, 0.15) is 12.7 Å². The van der Waals surface area contributed by atoms with Gasteiger partial charge >= 0.3 is 11.9 Å². The summed E-state index contributed by atoms with van der Waals surface area (Å²) in [7, 11) is 3.35. The molecule has 0 spiro atoms. The molecule has 0 fully saturated rings. The summed E-state index contributed by atoms with van der Waals surface area (Å²) in [6.07, 6.45) is 41.5. The molecule has 0 heterocycles. The average Bonchev–Trinajstić information content (AvgIpc) is 3.14. The molecule has 7 nitrogen and oxygen atoms in total. The van der Waals surface area contributed by atoms with Crippen LogP contribution in [0.25, 0.3) is 0 Å². The van der Waals surface area contributed by atoms with Gasteiger partial charge in [-0.1, -0.05) is 141 Å². The third-order valence-electron chi connectivity index (χ3n) is 9.70. The van der Waals surface area contributed by atoms with Gasteiger partial charge in [-0.25, -0.2) is 0 Å². The molecule has 0 aliphatic heterocycles. The van der Waals surface area contributed by atoms with E-state index in [2.05, 4.69) is 43.1 Å². The summed E-state index contributed by atoms with van der Waals surface area (Å²) in [6, 6.07) is 0. The van der Waals surface area contributed by atoms with Crippen LogP contribution in [0.3, 0.4) is 0 Å². The van der Waals surface area contributed by atoms with E-state index in [1.165, 1.54) is 116 Å². The van der Waals surface area contributed by atoms with Crippen molar-refractivity contribution in [1.82, 2.24) is 4.90 Å². The Hall–Kier alpha value is -1.70. The Morgan fingerprint density at radius 2 is 0.865 bits per heavy atom. The highest BCUT2D eigenvalue weighted by Crippen LogP contribution is 2.13. The summed E-state index contributed by atoms with van der Waals surface area (Å²) in [4.78, 5) is 27.6. The number of hydrogen-bond donors (Lipinski definition) is 0. The number of esters is 2. The Kier molecular flexibility index (Phi) is 40.7. The number of unbranched alkanes of at least 4 members (excludes halogenated alkanes) is 22. The lowest BCUT2D eigenvalue weighted by atomic mass is 10.1. The first-order chi connectivity index (χ1) is 25.6. The van der Waals surface area contributed by atoms with Crippen LogP contribution >= 0.6 is 0 Å². The Labute approximate surface area is 322 Å². The standard InChI is InChI=1S/C45H85NO6/c1-5-7-9-11-13-15-17-19-21-23-25-27-29-31-33-35-44(47)51-42-43(41-46(37-39-49-3)38-40-50-4)52-45(48)36-34-32-30-28-26-24-22-20-18-16-14-12-10-8-6-2/h19-22,43H,5-18,23-42H2,1-4H3/b21-19-,22-20-. The Bertz CT molecular complexity index is 808. The van der Waals surface area contributed by atoms with Gasteiger partial charge in [0, 0.05) is 46.7 Å². The predicted octanol–water partition coefficient (Wildman–Crippen LogP) is 12.1. The van der Waals surface area contributed by atoms with Crippen LogP contribution in [-0.2, 0) is 28.5 Å². The minimum atomic E-state index is -0.512. The fourth-order valence-electron chi connectivity index (χ4n) is 6.33. The summed E-state index contributed by atoms with van der Waals surface area (Å²) in [5.41, 5.74) is 0. The van der Waals surface area contributed by atoms with Crippen molar-refractivity contribution in [3.8, 4) is 0 Å². The van der Waals surface area contributed by atoms with Crippen molar-refractivity contribution in [3.63, 3.8) is 0 Å². The molecule has 0 N–H and O–H groups in total. The van der Waals surface area contributed by atoms with E-state index >= 15 is 0 Å². The highest BCUT2D eigenvalue weighted by molar-refractivity contribution is 5.70. The summed E-state index contributed by atoms with van der Waals surface area (Å²) < 4.78 is 22.1. The number of carbonyl (C=O) groups is 2. The van der Waals surface area contributed by atoms with Crippen molar-refractivity contribution in [2.45, 2.75) is 200 Å². The second kappa shape index (κ2) is 42.0. The molecule has 7 heteroatoms. The van der Waals surface area contributed by atoms with E-state index in [9.17, 15) is 9.59 Å². The number of nitrogens with zero attached hydrogens (tertiary/aromatic N) is 1. The van der Waals surface area contributed by atoms with E-state index in [1.54, 1.807) is 14.2 Å². The molecule has 1 atom stereocenters. The number of rotatable bonds is 41. The maximum absolute atomic E-state index is 12.8. The van der Waals surface area contributed by atoms with Crippen LogP contribution in [0, 0.1) is 0 Å². The molecule has 0 amide bonds. The van der Waals surface area contributed by atoms with Gasteiger partial charge < -0.3 is 18.9 Å². The van der Waals surface area contributed by atoms with Crippen LogP contribution in [0.4, 0.5) is 0 Å². The number of ether oxygens (including phenoxy) is 4. The first-order valence-electron chi connectivity index (χ1n) is 21.9. The van der Waals surface area contributed by atoms with Crippen LogP contribution in [0.15, 0.2) is 24.3 Å². The Morgan fingerprint density at radius 1 is 0.500 bits per heavy atom. The highest BCUT2D eigenvalue weighted by atomic mass is 16.6. The molecule has 0 rings (SSSR count). The van der Waals surface area contributed by atoms with E-state index < -0.39 is 6.10 Å². The minimum Gasteiger partial charge on any atom is -0.462 e. The summed E-state index contributed by atoms with van der Waals surface area (Å²) in [5, 5.41) is 0. The lowest BCUT2D eigenvalue weighted by molar-refractivity contribution is -0.160. The van der Waals surface area contributed by atoms with E-state index in [0.29, 0.717) is 45.7 Å². The molecule has 0 saturated heterocycles. The summed E-state index contributed by atoms with van der Waals surface area (Å²) >= 11 is 0.